The minimum absolute atomic E-state index is 0.0667. The molecule has 0 spiro atoms. The van der Waals surface area contributed by atoms with Crippen molar-refractivity contribution in [1.82, 2.24) is 0 Å². The van der Waals surface area contributed by atoms with Crippen LogP contribution in [0, 0.1) is 13.8 Å². The smallest absolute Gasteiger partial charge is 0.226 e. The molecule has 0 radical (unpaired) electrons. The second kappa shape index (κ2) is 8.43. The quantitative estimate of drug-likeness (QED) is 0.802. The number of hydrogen-bond donors (Lipinski definition) is 1. The van der Waals surface area contributed by atoms with Crippen LogP contribution >= 0.6 is 0 Å². The van der Waals surface area contributed by atoms with Crippen LogP contribution in [-0.4, -0.2) is 24.1 Å². The molecule has 0 bridgehead atoms. The van der Waals surface area contributed by atoms with E-state index in [9.17, 15) is 14.4 Å². The Hall–Kier alpha value is -2.95. The summed E-state index contributed by atoms with van der Waals surface area (Å²) in [6.07, 6.45) is 0.164. The molecule has 2 aromatic carbocycles. The van der Waals surface area contributed by atoms with Gasteiger partial charge in [0.1, 0.15) is 0 Å². The van der Waals surface area contributed by atoms with Gasteiger partial charge in [-0.2, -0.15) is 0 Å². The normalized spacial score (nSPS) is 10.3. The first-order valence-corrected chi connectivity index (χ1v) is 8.54. The number of anilines is 2. The highest BCUT2D eigenvalue weighted by Gasteiger charge is 2.15. The average Bonchev–Trinajstić information content (AvgIpc) is 2.58. The van der Waals surface area contributed by atoms with E-state index in [-0.39, 0.29) is 30.6 Å². The average molecular weight is 352 g/mol. The lowest BCUT2D eigenvalue weighted by atomic mass is 10.1. The SMILES string of the molecule is CC(=O)c1cccc(N(CCC(=O)Nc2cc(C)ccc2C)C(C)=O)c1. The Morgan fingerprint density at radius 3 is 2.38 bits per heavy atom. The Morgan fingerprint density at radius 2 is 1.73 bits per heavy atom. The predicted octanol–water partition coefficient (Wildman–Crippen LogP) is 3.89. The summed E-state index contributed by atoms with van der Waals surface area (Å²) >= 11 is 0. The minimum atomic E-state index is -0.176. The highest BCUT2D eigenvalue weighted by atomic mass is 16.2. The van der Waals surface area contributed by atoms with E-state index in [1.165, 1.54) is 18.7 Å². The van der Waals surface area contributed by atoms with Crippen LogP contribution in [0.25, 0.3) is 0 Å². The van der Waals surface area contributed by atoms with Gasteiger partial charge in [0.15, 0.2) is 5.78 Å². The summed E-state index contributed by atoms with van der Waals surface area (Å²) < 4.78 is 0. The van der Waals surface area contributed by atoms with Gasteiger partial charge < -0.3 is 10.2 Å². The summed E-state index contributed by atoms with van der Waals surface area (Å²) in [6, 6.07) is 12.7. The molecule has 2 amide bonds. The van der Waals surface area contributed by atoms with Crippen LogP contribution in [0.1, 0.15) is 41.8 Å². The van der Waals surface area contributed by atoms with E-state index in [1.54, 1.807) is 24.3 Å². The largest absolute Gasteiger partial charge is 0.326 e. The maximum Gasteiger partial charge on any atom is 0.226 e. The van der Waals surface area contributed by atoms with E-state index in [0.717, 1.165) is 16.8 Å². The van der Waals surface area contributed by atoms with Crippen molar-refractivity contribution in [2.24, 2.45) is 0 Å². The molecule has 0 fully saturated rings. The summed E-state index contributed by atoms with van der Waals surface area (Å²) in [6.45, 7) is 7.07. The maximum absolute atomic E-state index is 12.3. The molecule has 1 N–H and O–H groups in total. The van der Waals surface area contributed by atoms with Crippen molar-refractivity contribution in [3.8, 4) is 0 Å². The van der Waals surface area contributed by atoms with Gasteiger partial charge in [-0.3, -0.25) is 14.4 Å². The Morgan fingerprint density at radius 1 is 1.00 bits per heavy atom. The van der Waals surface area contributed by atoms with Crippen molar-refractivity contribution in [1.29, 1.82) is 0 Å². The lowest BCUT2D eigenvalue weighted by Gasteiger charge is -2.21. The molecule has 5 nitrogen and oxygen atoms in total. The van der Waals surface area contributed by atoms with Crippen LogP contribution in [0.15, 0.2) is 42.5 Å². The van der Waals surface area contributed by atoms with Gasteiger partial charge in [-0.25, -0.2) is 0 Å². The van der Waals surface area contributed by atoms with E-state index >= 15 is 0 Å². The Bertz CT molecular complexity index is 843. The van der Waals surface area contributed by atoms with Crippen molar-refractivity contribution >= 4 is 29.0 Å². The number of benzene rings is 2. The summed E-state index contributed by atoms with van der Waals surface area (Å²) in [5, 5.41) is 2.90. The van der Waals surface area contributed by atoms with Crippen LogP contribution in [0.3, 0.4) is 0 Å². The van der Waals surface area contributed by atoms with Crippen LogP contribution in [0.2, 0.25) is 0 Å². The number of amides is 2. The topological polar surface area (TPSA) is 66.5 Å². The number of Topliss-reactive ketones (excluding diaryl/α,β-unsaturated/α-hetero) is 1. The third kappa shape index (κ3) is 5.02. The summed E-state index contributed by atoms with van der Waals surface area (Å²) in [5.41, 5.74) is 3.99. The van der Waals surface area contributed by atoms with Gasteiger partial charge in [0, 0.05) is 36.8 Å². The van der Waals surface area contributed by atoms with Crippen molar-refractivity contribution in [3.63, 3.8) is 0 Å². The lowest BCUT2D eigenvalue weighted by molar-refractivity contribution is -0.117. The molecule has 0 heterocycles. The number of carbonyl (C=O) groups is 3. The van der Waals surface area contributed by atoms with Gasteiger partial charge >= 0.3 is 0 Å². The molecule has 0 unspecified atom stereocenters. The first kappa shape index (κ1) is 19.4. The van der Waals surface area contributed by atoms with Crippen LogP contribution in [0.5, 0.6) is 0 Å². The molecule has 0 saturated heterocycles. The number of carbonyl (C=O) groups excluding carboxylic acids is 3. The molecule has 2 aromatic rings. The molecule has 0 aromatic heterocycles. The monoisotopic (exact) mass is 352 g/mol. The number of aryl methyl sites for hydroxylation is 2. The van der Waals surface area contributed by atoms with Gasteiger partial charge in [0.25, 0.3) is 0 Å². The van der Waals surface area contributed by atoms with Crippen molar-refractivity contribution in [2.45, 2.75) is 34.1 Å². The molecule has 0 aliphatic carbocycles. The summed E-state index contributed by atoms with van der Waals surface area (Å²) in [4.78, 5) is 37.4. The molecule has 26 heavy (non-hydrogen) atoms. The standard InChI is InChI=1S/C21H24N2O3/c1-14-8-9-15(2)20(12-14)22-21(26)10-11-23(17(4)25)19-7-5-6-18(13-19)16(3)24/h5-9,12-13H,10-11H2,1-4H3,(H,22,26). The number of rotatable bonds is 6. The Kier molecular flexibility index (Phi) is 6.28. The fourth-order valence-electron chi connectivity index (χ4n) is 2.66. The van der Waals surface area contributed by atoms with Crippen molar-refractivity contribution in [2.75, 3.05) is 16.8 Å². The molecule has 0 aliphatic rings. The fraction of sp³-hybridized carbons (Fsp3) is 0.286. The summed E-state index contributed by atoms with van der Waals surface area (Å²) in [7, 11) is 0. The zero-order chi connectivity index (χ0) is 19.3. The predicted molar refractivity (Wildman–Crippen MR) is 104 cm³/mol. The minimum Gasteiger partial charge on any atom is -0.326 e. The highest BCUT2D eigenvalue weighted by Crippen LogP contribution is 2.19. The van der Waals surface area contributed by atoms with Crippen molar-refractivity contribution < 1.29 is 14.4 Å². The third-order valence-corrected chi connectivity index (χ3v) is 4.17. The van der Waals surface area contributed by atoms with E-state index in [2.05, 4.69) is 5.32 Å². The van der Waals surface area contributed by atoms with Gasteiger partial charge in [-0.05, 0) is 50.1 Å². The summed E-state index contributed by atoms with van der Waals surface area (Å²) in [5.74, 6) is -0.402. The highest BCUT2D eigenvalue weighted by molar-refractivity contribution is 5.98. The molecule has 0 aliphatic heterocycles. The Labute approximate surface area is 154 Å². The molecular formula is C21H24N2O3. The number of ketones is 1. The molecule has 0 atom stereocenters. The van der Waals surface area contributed by atoms with Gasteiger partial charge in [-0.1, -0.05) is 24.3 Å². The fourth-order valence-corrected chi connectivity index (χ4v) is 2.66. The first-order valence-electron chi connectivity index (χ1n) is 8.54. The lowest BCUT2D eigenvalue weighted by Crippen LogP contribution is -2.32. The van der Waals surface area contributed by atoms with Crippen LogP contribution in [-0.2, 0) is 9.59 Å². The van der Waals surface area contributed by atoms with E-state index in [0.29, 0.717) is 11.3 Å². The first-order chi connectivity index (χ1) is 12.3. The second-order valence-corrected chi connectivity index (χ2v) is 6.39. The third-order valence-electron chi connectivity index (χ3n) is 4.17. The van der Waals surface area contributed by atoms with E-state index < -0.39 is 0 Å². The molecule has 0 saturated carbocycles. The van der Waals surface area contributed by atoms with E-state index in [1.807, 2.05) is 32.0 Å². The van der Waals surface area contributed by atoms with E-state index in [4.69, 9.17) is 0 Å². The van der Waals surface area contributed by atoms with Gasteiger partial charge in [-0.15, -0.1) is 0 Å². The van der Waals surface area contributed by atoms with Crippen LogP contribution in [0.4, 0.5) is 11.4 Å². The van der Waals surface area contributed by atoms with Gasteiger partial charge in [0.05, 0.1) is 0 Å². The molecule has 2 rings (SSSR count). The van der Waals surface area contributed by atoms with Gasteiger partial charge in [0.2, 0.25) is 11.8 Å². The zero-order valence-corrected chi connectivity index (χ0v) is 15.6. The maximum atomic E-state index is 12.3. The molecule has 5 heteroatoms. The van der Waals surface area contributed by atoms with Crippen molar-refractivity contribution in [3.05, 3.63) is 59.2 Å². The number of nitrogens with one attached hydrogen (secondary N) is 1. The Balaban J connectivity index is 2.08. The second-order valence-electron chi connectivity index (χ2n) is 6.39. The number of nitrogens with zero attached hydrogens (tertiary/aromatic N) is 1. The zero-order valence-electron chi connectivity index (χ0n) is 15.6. The molecular weight excluding hydrogens is 328 g/mol. The van der Waals surface area contributed by atoms with Crippen LogP contribution < -0.4 is 10.2 Å². The number of hydrogen-bond acceptors (Lipinski definition) is 3. The molecule has 136 valence electrons.